The minimum absolute atomic E-state index is 0.0341. The highest BCUT2D eigenvalue weighted by Crippen LogP contribution is 2.26. The van der Waals surface area contributed by atoms with Crippen LogP contribution in [-0.2, 0) is 4.79 Å². The molecule has 1 aliphatic heterocycles. The summed E-state index contributed by atoms with van der Waals surface area (Å²) in [7, 11) is 0. The van der Waals surface area contributed by atoms with Gasteiger partial charge < -0.3 is 9.80 Å². The molecule has 3 heterocycles. The predicted molar refractivity (Wildman–Crippen MR) is 124 cm³/mol. The Morgan fingerprint density at radius 2 is 1.91 bits per heavy atom. The van der Waals surface area contributed by atoms with E-state index in [-0.39, 0.29) is 29.6 Å². The molecule has 7 nitrogen and oxygen atoms in total. The number of nitrogens with zero attached hydrogens (tertiary/aromatic N) is 5. The Balaban J connectivity index is 1.62. The molecule has 1 fully saturated rings. The summed E-state index contributed by atoms with van der Waals surface area (Å²) in [6.07, 6.45) is 3.01. The van der Waals surface area contributed by atoms with Crippen LogP contribution in [-0.4, -0.2) is 61.9 Å². The standard InChI is InChI=1S/C25H30FN5O2/c1-5-6-23(32)30-12-11-29(14-17(30)4)25(33)22-15-31-24(27-22)20(16(2)3)13-21(28-31)18-7-9-19(26)10-8-18/h7-10,13,15-17H,5-6,11-12,14H2,1-4H3/t17-/m0/s1. The number of imidazole rings is 1. The summed E-state index contributed by atoms with van der Waals surface area (Å²) in [6, 6.07) is 8.12. The summed E-state index contributed by atoms with van der Waals surface area (Å²) in [5.74, 6) is -0.157. The highest BCUT2D eigenvalue weighted by atomic mass is 19.1. The van der Waals surface area contributed by atoms with Crippen molar-refractivity contribution in [2.24, 2.45) is 0 Å². The molecule has 0 radical (unpaired) electrons. The van der Waals surface area contributed by atoms with Gasteiger partial charge in [-0.3, -0.25) is 9.59 Å². The first kappa shape index (κ1) is 22.9. The lowest BCUT2D eigenvalue weighted by molar-refractivity contribution is -0.135. The maximum absolute atomic E-state index is 13.4. The minimum atomic E-state index is -0.301. The van der Waals surface area contributed by atoms with Crippen LogP contribution in [0.1, 0.15) is 62.5 Å². The molecule has 0 saturated carbocycles. The second-order valence-corrected chi connectivity index (χ2v) is 8.98. The lowest BCUT2D eigenvalue weighted by atomic mass is 10.0. The van der Waals surface area contributed by atoms with Crippen molar-refractivity contribution in [1.29, 1.82) is 0 Å². The lowest BCUT2D eigenvalue weighted by Crippen LogP contribution is -2.55. The number of fused-ring (bicyclic) bond motifs is 1. The number of hydrogen-bond acceptors (Lipinski definition) is 4. The molecule has 0 bridgehead atoms. The molecule has 1 atom stereocenters. The minimum Gasteiger partial charge on any atom is -0.336 e. The maximum Gasteiger partial charge on any atom is 0.274 e. The molecule has 8 heteroatoms. The molecule has 1 saturated heterocycles. The molecule has 0 spiro atoms. The average Bonchev–Trinajstić information content (AvgIpc) is 3.22. The van der Waals surface area contributed by atoms with Crippen molar-refractivity contribution in [1.82, 2.24) is 24.4 Å². The van der Waals surface area contributed by atoms with E-state index < -0.39 is 0 Å². The first-order chi connectivity index (χ1) is 15.8. The van der Waals surface area contributed by atoms with Crippen molar-refractivity contribution in [3.8, 4) is 11.3 Å². The molecular weight excluding hydrogens is 421 g/mol. The van der Waals surface area contributed by atoms with Crippen LogP contribution in [0.4, 0.5) is 4.39 Å². The second-order valence-electron chi connectivity index (χ2n) is 8.98. The van der Waals surface area contributed by atoms with Crippen LogP contribution in [0.15, 0.2) is 36.5 Å². The highest BCUT2D eigenvalue weighted by molar-refractivity contribution is 5.93. The van der Waals surface area contributed by atoms with Crippen LogP contribution >= 0.6 is 0 Å². The molecule has 174 valence electrons. The van der Waals surface area contributed by atoms with Crippen molar-refractivity contribution in [3.05, 3.63) is 53.6 Å². The second kappa shape index (κ2) is 9.29. The fourth-order valence-corrected chi connectivity index (χ4v) is 4.32. The number of aromatic nitrogens is 3. The largest absolute Gasteiger partial charge is 0.336 e. The number of halogens is 1. The number of benzene rings is 1. The van der Waals surface area contributed by atoms with Gasteiger partial charge in [-0.25, -0.2) is 13.9 Å². The fraction of sp³-hybridized carbons (Fsp3) is 0.440. The fourth-order valence-electron chi connectivity index (χ4n) is 4.32. The van der Waals surface area contributed by atoms with Crippen LogP contribution in [0, 0.1) is 5.82 Å². The van der Waals surface area contributed by atoms with Crippen molar-refractivity contribution in [2.75, 3.05) is 19.6 Å². The van der Waals surface area contributed by atoms with Crippen molar-refractivity contribution in [2.45, 2.75) is 52.5 Å². The van der Waals surface area contributed by atoms with Crippen LogP contribution in [0.25, 0.3) is 16.9 Å². The summed E-state index contributed by atoms with van der Waals surface area (Å²) in [5, 5.41) is 4.65. The van der Waals surface area contributed by atoms with Gasteiger partial charge in [0.2, 0.25) is 5.91 Å². The molecule has 0 unspecified atom stereocenters. The normalized spacial score (nSPS) is 16.6. The number of piperazine rings is 1. The van der Waals surface area contributed by atoms with Crippen LogP contribution in [0.5, 0.6) is 0 Å². The summed E-state index contributed by atoms with van der Waals surface area (Å²) in [4.78, 5) is 33.8. The van der Waals surface area contributed by atoms with Gasteiger partial charge in [-0.15, -0.1) is 0 Å². The topological polar surface area (TPSA) is 70.8 Å². The molecule has 1 aliphatic rings. The van der Waals surface area contributed by atoms with Gasteiger partial charge in [0.05, 0.1) is 11.9 Å². The van der Waals surface area contributed by atoms with Crippen molar-refractivity contribution in [3.63, 3.8) is 0 Å². The van der Waals surface area contributed by atoms with E-state index in [2.05, 4.69) is 23.9 Å². The Kier molecular flexibility index (Phi) is 6.44. The van der Waals surface area contributed by atoms with Gasteiger partial charge in [0, 0.05) is 43.2 Å². The monoisotopic (exact) mass is 451 g/mol. The Hall–Kier alpha value is -3.29. The Morgan fingerprint density at radius 1 is 1.18 bits per heavy atom. The number of carbonyl (C=O) groups is 2. The van der Waals surface area contributed by atoms with Crippen LogP contribution < -0.4 is 0 Å². The van der Waals surface area contributed by atoms with Crippen molar-refractivity contribution >= 4 is 17.5 Å². The Labute approximate surface area is 193 Å². The molecule has 2 amide bonds. The lowest BCUT2D eigenvalue weighted by Gasteiger charge is -2.39. The highest BCUT2D eigenvalue weighted by Gasteiger charge is 2.31. The van der Waals surface area contributed by atoms with E-state index in [4.69, 9.17) is 0 Å². The van der Waals surface area contributed by atoms with E-state index in [0.29, 0.717) is 43.1 Å². The van der Waals surface area contributed by atoms with Gasteiger partial charge in [-0.05, 0) is 49.6 Å². The average molecular weight is 452 g/mol. The number of carbonyl (C=O) groups excluding carboxylic acids is 2. The molecule has 0 N–H and O–H groups in total. The maximum atomic E-state index is 13.4. The van der Waals surface area contributed by atoms with E-state index in [1.165, 1.54) is 12.1 Å². The molecule has 2 aromatic heterocycles. The van der Waals surface area contributed by atoms with E-state index in [1.54, 1.807) is 27.7 Å². The third-order valence-electron chi connectivity index (χ3n) is 6.13. The van der Waals surface area contributed by atoms with Gasteiger partial charge in [0.15, 0.2) is 5.65 Å². The van der Waals surface area contributed by atoms with E-state index >= 15 is 0 Å². The zero-order valence-corrected chi connectivity index (χ0v) is 19.6. The molecular formula is C25H30FN5O2. The number of hydrogen-bond donors (Lipinski definition) is 0. The Bertz CT molecular complexity index is 1170. The summed E-state index contributed by atoms with van der Waals surface area (Å²) in [6.45, 7) is 9.59. The Morgan fingerprint density at radius 3 is 2.55 bits per heavy atom. The number of rotatable bonds is 5. The quantitative estimate of drug-likeness (QED) is 0.585. The smallest absolute Gasteiger partial charge is 0.274 e. The first-order valence-corrected chi connectivity index (χ1v) is 11.5. The molecule has 4 rings (SSSR count). The molecule has 33 heavy (non-hydrogen) atoms. The van der Waals surface area contributed by atoms with E-state index in [1.807, 2.05) is 24.8 Å². The zero-order chi connectivity index (χ0) is 23.7. The third-order valence-corrected chi connectivity index (χ3v) is 6.13. The molecule has 1 aromatic carbocycles. The SMILES string of the molecule is CCCC(=O)N1CCN(C(=O)c2cn3nc(-c4ccc(F)cc4)cc(C(C)C)c3n2)C[C@@H]1C. The van der Waals surface area contributed by atoms with Crippen LogP contribution in [0.3, 0.4) is 0 Å². The summed E-state index contributed by atoms with van der Waals surface area (Å²) in [5.41, 5.74) is 3.43. The third kappa shape index (κ3) is 4.60. The summed E-state index contributed by atoms with van der Waals surface area (Å²) < 4.78 is 15.0. The molecule has 0 aliphatic carbocycles. The van der Waals surface area contributed by atoms with Crippen LogP contribution in [0.2, 0.25) is 0 Å². The zero-order valence-electron chi connectivity index (χ0n) is 19.6. The van der Waals surface area contributed by atoms with Gasteiger partial charge in [-0.2, -0.15) is 5.10 Å². The number of amides is 2. The van der Waals surface area contributed by atoms with Gasteiger partial charge in [0.1, 0.15) is 11.5 Å². The predicted octanol–water partition coefficient (Wildman–Crippen LogP) is 4.13. The summed E-state index contributed by atoms with van der Waals surface area (Å²) >= 11 is 0. The van der Waals surface area contributed by atoms with E-state index in [9.17, 15) is 14.0 Å². The van der Waals surface area contributed by atoms with Crippen molar-refractivity contribution < 1.29 is 14.0 Å². The first-order valence-electron chi connectivity index (χ1n) is 11.5. The van der Waals surface area contributed by atoms with Gasteiger partial charge in [-0.1, -0.05) is 20.8 Å². The van der Waals surface area contributed by atoms with E-state index in [0.717, 1.165) is 17.5 Å². The van der Waals surface area contributed by atoms with Gasteiger partial charge >= 0.3 is 0 Å². The molecule has 3 aromatic rings. The van der Waals surface area contributed by atoms with Gasteiger partial charge in [0.25, 0.3) is 5.91 Å².